The normalized spacial score (nSPS) is 11.0. The lowest BCUT2D eigenvalue weighted by molar-refractivity contribution is -0.116. The molecule has 9 heteroatoms. The van der Waals surface area contributed by atoms with E-state index in [-0.39, 0.29) is 30.9 Å². The van der Waals surface area contributed by atoms with Gasteiger partial charge in [0.05, 0.1) is 30.3 Å². The van der Waals surface area contributed by atoms with Gasteiger partial charge in [0.15, 0.2) is 0 Å². The number of nitrogens with zero attached hydrogens (tertiary/aromatic N) is 1. The predicted molar refractivity (Wildman–Crippen MR) is 114 cm³/mol. The number of sulfonamides is 1. The number of anilines is 2. The summed E-state index contributed by atoms with van der Waals surface area (Å²) in [6.07, 6.45) is 1.46. The molecule has 0 aliphatic carbocycles. The van der Waals surface area contributed by atoms with Crippen LogP contribution in [-0.2, 0) is 19.6 Å². The molecule has 0 fully saturated rings. The number of para-hydroxylation sites is 1. The van der Waals surface area contributed by atoms with Crippen LogP contribution in [0.15, 0.2) is 42.5 Å². The first-order valence-electron chi connectivity index (χ1n) is 8.85. The third-order valence-electron chi connectivity index (χ3n) is 4.28. The molecular formula is C20H23ClN2O5S. The summed E-state index contributed by atoms with van der Waals surface area (Å²) in [6.45, 7) is 1.86. The van der Waals surface area contributed by atoms with Gasteiger partial charge >= 0.3 is 5.97 Å². The van der Waals surface area contributed by atoms with Crippen LogP contribution >= 0.6 is 11.6 Å². The van der Waals surface area contributed by atoms with E-state index in [1.165, 1.54) is 11.4 Å². The summed E-state index contributed by atoms with van der Waals surface area (Å²) in [6, 6.07) is 11.5. The average molecular weight is 439 g/mol. The molecule has 0 saturated carbocycles. The number of rotatable bonds is 8. The average Bonchev–Trinajstić information content (AvgIpc) is 2.67. The van der Waals surface area contributed by atoms with Gasteiger partial charge in [0.2, 0.25) is 15.9 Å². The number of carbonyl (C=O) groups excluding carboxylic acids is 2. The molecule has 0 bridgehead atoms. The quantitative estimate of drug-likeness (QED) is 0.635. The van der Waals surface area contributed by atoms with Crippen LogP contribution in [0.4, 0.5) is 11.4 Å². The van der Waals surface area contributed by atoms with Crippen molar-refractivity contribution in [3.63, 3.8) is 0 Å². The maximum absolute atomic E-state index is 12.3. The molecule has 0 atom stereocenters. The van der Waals surface area contributed by atoms with E-state index in [0.717, 1.165) is 6.26 Å². The van der Waals surface area contributed by atoms with Crippen molar-refractivity contribution < 1.29 is 22.7 Å². The largest absolute Gasteiger partial charge is 0.465 e. The number of amides is 1. The van der Waals surface area contributed by atoms with Gasteiger partial charge < -0.3 is 10.1 Å². The molecule has 29 heavy (non-hydrogen) atoms. The Bertz CT molecular complexity index is 1010. The molecule has 7 nitrogen and oxygen atoms in total. The first-order chi connectivity index (χ1) is 13.6. The Hall–Kier alpha value is -2.58. The van der Waals surface area contributed by atoms with Gasteiger partial charge in [-0.25, -0.2) is 13.2 Å². The Kier molecular flexibility index (Phi) is 7.64. The van der Waals surface area contributed by atoms with E-state index >= 15 is 0 Å². The number of esters is 1. The molecule has 0 aliphatic heterocycles. The summed E-state index contributed by atoms with van der Waals surface area (Å²) in [4.78, 5) is 24.1. The van der Waals surface area contributed by atoms with Crippen molar-refractivity contribution in [1.82, 2.24) is 0 Å². The second-order valence-electron chi connectivity index (χ2n) is 6.41. The maximum Gasteiger partial charge on any atom is 0.339 e. The van der Waals surface area contributed by atoms with Crippen molar-refractivity contribution in [3.05, 3.63) is 58.6 Å². The molecule has 1 N–H and O–H groups in total. The first-order valence-corrected chi connectivity index (χ1v) is 11.1. The minimum Gasteiger partial charge on any atom is -0.465 e. The Balaban J connectivity index is 2.06. The number of hydrogen-bond acceptors (Lipinski definition) is 5. The molecule has 156 valence electrons. The molecule has 1 amide bonds. The number of nitrogens with one attached hydrogen (secondary N) is 1. The molecule has 0 unspecified atom stereocenters. The van der Waals surface area contributed by atoms with E-state index in [1.54, 1.807) is 49.4 Å². The van der Waals surface area contributed by atoms with Crippen molar-refractivity contribution in [3.8, 4) is 0 Å². The summed E-state index contributed by atoms with van der Waals surface area (Å²) in [5.41, 5.74) is 1.72. The lowest BCUT2D eigenvalue weighted by Crippen LogP contribution is -2.32. The van der Waals surface area contributed by atoms with Gasteiger partial charge in [-0.05, 0) is 43.2 Å². The molecule has 0 heterocycles. The monoisotopic (exact) mass is 438 g/mol. The lowest BCUT2D eigenvalue weighted by atomic mass is 10.1. The zero-order valence-corrected chi connectivity index (χ0v) is 18.0. The lowest BCUT2D eigenvalue weighted by Gasteiger charge is -2.24. The van der Waals surface area contributed by atoms with E-state index in [9.17, 15) is 18.0 Å². The van der Waals surface area contributed by atoms with Gasteiger partial charge in [-0.1, -0.05) is 29.8 Å². The van der Waals surface area contributed by atoms with Crippen LogP contribution in [0, 0.1) is 6.92 Å². The molecule has 2 aromatic carbocycles. The minimum atomic E-state index is -3.55. The van der Waals surface area contributed by atoms with Gasteiger partial charge in [-0.3, -0.25) is 9.10 Å². The van der Waals surface area contributed by atoms with E-state index < -0.39 is 16.0 Å². The fourth-order valence-corrected chi connectivity index (χ4v) is 3.99. The zero-order chi connectivity index (χ0) is 21.6. The number of ether oxygens (including phenoxy) is 1. The summed E-state index contributed by atoms with van der Waals surface area (Å²) in [5, 5.41) is 3.14. The zero-order valence-electron chi connectivity index (χ0n) is 16.4. The van der Waals surface area contributed by atoms with Gasteiger partial charge in [-0.15, -0.1) is 0 Å². The number of hydrogen-bond donors (Lipinski definition) is 1. The molecule has 0 aromatic heterocycles. The van der Waals surface area contributed by atoms with E-state index in [4.69, 9.17) is 16.3 Å². The van der Waals surface area contributed by atoms with Crippen molar-refractivity contribution in [2.24, 2.45) is 0 Å². The van der Waals surface area contributed by atoms with Crippen molar-refractivity contribution in [2.45, 2.75) is 19.8 Å². The van der Waals surface area contributed by atoms with Crippen LogP contribution in [0.1, 0.15) is 28.8 Å². The van der Waals surface area contributed by atoms with E-state index in [1.807, 2.05) is 0 Å². The molecule has 0 spiro atoms. The van der Waals surface area contributed by atoms with Crippen LogP contribution in [0.3, 0.4) is 0 Å². The molecule has 2 aromatic rings. The van der Waals surface area contributed by atoms with Gasteiger partial charge in [0, 0.05) is 18.0 Å². The first kappa shape index (κ1) is 22.7. The molecule has 0 aliphatic rings. The fourth-order valence-electron chi connectivity index (χ4n) is 2.81. The van der Waals surface area contributed by atoms with E-state index in [0.29, 0.717) is 22.0 Å². The highest BCUT2D eigenvalue weighted by Crippen LogP contribution is 2.28. The smallest absolute Gasteiger partial charge is 0.339 e. The Morgan fingerprint density at radius 2 is 1.83 bits per heavy atom. The second kappa shape index (κ2) is 9.76. The predicted octanol–water partition coefficient (Wildman–Crippen LogP) is 3.62. The van der Waals surface area contributed by atoms with Crippen LogP contribution in [0.5, 0.6) is 0 Å². The molecule has 0 radical (unpaired) electrons. The number of carbonyl (C=O) groups is 2. The van der Waals surface area contributed by atoms with Gasteiger partial charge in [0.1, 0.15) is 0 Å². The summed E-state index contributed by atoms with van der Waals surface area (Å²) < 4.78 is 30.4. The van der Waals surface area contributed by atoms with Crippen molar-refractivity contribution >= 4 is 44.9 Å². The number of halogens is 1. The molecular weight excluding hydrogens is 416 g/mol. The van der Waals surface area contributed by atoms with Crippen LogP contribution < -0.4 is 9.62 Å². The van der Waals surface area contributed by atoms with E-state index in [2.05, 4.69) is 5.32 Å². The highest BCUT2D eigenvalue weighted by Gasteiger charge is 2.20. The highest BCUT2D eigenvalue weighted by atomic mass is 35.5. The third-order valence-corrected chi connectivity index (χ3v) is 5.87. The van der Waals surface area contributed by atoms with Gasteiger partial charge in [0.25, 0.3) is 0 Å². The maximum atomic E-state index is 12.3. The van der Waals surface area contributed by atoms with Crippen LogP contribution in [-0.4, -0.2) is 40.2 Å². The second-order valence-corrected chi connectivity index (χ2v) is 8.72. The highest BCUT2D eigenvalue weighted by molar-refractivity contribution is 7.92. The number of methoxy groups -OCH3 is 1. The molecule has 0 saturated heterocycles. The Labute approximate surface area is 175 Å². The summed E-state index contributed by atoms with van der Waals surface area (Å²) >= 11 is 6.11. The minimum absolute atomic E-state index is 0.0706. The van der Waals surface area contributed by atoms with Crippen LogP contribution in [0.2, 0.25) is 5.02 Å². The van der Waals surface area contributed by atoms with Crippen molar-refractivity contribution in [1.29, 1.82) is 0 Å². The molecule has 2 rings (SSSR count). The standard InChI is InChI=1S/C20H23ClN2O5S/c1-14-16(21)9-6-11-18(14)23(29(3,26)27)13-7-12-19(24)22-17-10-5-4-8-15(17)20(25)28-2/h4-6,8-11H,7,12-13H2,1-3H3,(H,22,24). The third kappa shape index (κ3) is 5.95. The Morgan fingerprint density at radius 3 is 2.48 bits per heavy atom. The van der Waals surface area contributed by atoms with Crippen LogP contribution in [0.25, 0.3) is 0 Å². The number of benzene rings is 2. The SMILES string of the molecule is COC(=O)c1ccccc1NC(=O)CCCN(c1cccc(Cl)c1C)S(C)(=O)=O. The summed E-state index contributed by atoms with van der Waals surface area (Å²) in [5.74, 6) is -0.891. The van der Waals surface area contributed by atoms with Crippen molar-refractivity contribution in [2.75, 3.05) is 29.5 Å². The fraction of sp³-hybridized carbons (Fsp3) is 0.300. The topological polar surface area (TPSA) is 92.8 Å². The van der Waals surface area contributed by atoms with Gasteiger partial charge in [-0.2, -0.15) is 0 Å². The summed E-state index contributed by atoms with van der Waals surface area (Å²) in [7, 11) is -2.29. The Morgan fingerprint density at radius 1 is 1.14 bits per heavy atom.